The van der Waals surface area contributed by atoms with Crippen molar-refractivity contribution in [2.75, 3.05) is 7.05 Å². The highest BCUT2D eigenvalue weighted by Gasteiger charge is 2.31. The number of allylic oxidation sites excluding steroid dienone is 1. The first-order valence-corrected chi connectivity index (χ1v) is 17.4. The van der Waals surface area contributed by atoms with Gasteiger partial charge in [-0.2, -0.15) is 0 Å². The molecule has 4 N–H and O–H groups in total. The van der Waals surface area contributed by atoms with Crippen LogP contribution in [-0.2, 0) is 35.5 Å². The van der Waals surface area contributed by atoms with Gasteiger partial charge in [0.2, 0.25) is 5.91 Å². The van der Waals surface area contributed by atoms with Crippen molar-refractivity contribution in [2.45, 2.75) is 77.4 Å². The van der Waals surface area contributed by atoms with Gasteiger partial charge < -0.3 is 35.1 Å². The van der Waals surface area contributed by atoms with Crippen LogP contribution in [0.3, 0.4) is 0 Å². The summed E-state index contributed by atoms with van der Waals surface area (Å²) in [4.78, 5) is 49.8. The van der Waals surface area contributed by atoms with Crippen LogP contribution in [0.1, 0.15) is 54.8 Å². The van der Waals surface area contributed by atoms with Crippen molar-refractivity contribution in [2.24, 2.45) is 5.92 Å². The molecule has 13 heteroatoms. The number of hydrogen-bond acceptors (Lipinski definition) is 9. The minimum Gasteiger partial charge on any atom is -0.445 e. The number of thiazole rings is 1. The molecule has 0 saturated carbocycles. The highest BCUT2D eigenvalue weighted by molar-refractivity contribution is 7.10. The molecule has 0 aliphatic rings. The Kier molecular flexibility index (Phi) is 14.6. The molecule has 4 amide bonds. The smallest absolute Gasteiger partial charge is 0.407 e. The molecule has 0 radical (unpaired) electrons. The van der Waals surface area contributed by atoms with Crippen LogP contribution in [0.4, 0.5) is 9.59 Å². The quantitative estimate of drug-likeness (QED) is 0.115. The molecule has 266 valence electrons. The summed E-state index contributed by atoms with van der Waals surface area (Å²) in [5.41, 5.74) is 2.61. The largest absolute Gasteiger partial charge is 0.445 e. The molecule has 0 saturated heterocycles. The Morgan fingerprint density at radius 3 is 2.30 bits per heavy atom. The summed E-state index contributed by atoms with van der Waals surface area (Å²) in [6.45, 7) is 5.80. The van der Waals surface area contributed by atoms with Crippen molar-refractivity contribution < 1.29 is 28.6 Å². The average molecular weight is 703 g/mol. The van der Waals surface area contributed by atoms with E-state index in [-0.39, 0.29) is 31.4 Å². The average Bonchev–Trinajstić information content (AvgIpc) is 3.79. The van der Waals surface area contributed by atoms with Crippen molar-refractivity contribution in [3.05, 3.63) is 112 Å². The fourth-order valence-electron chi connectivity index (χ4n) is 5.34. The van der Waals surface area contributed by atoms with Crippen LogP contribution in [0, 0.1) is 5.92 Å². The fraction of sp³-hybridized carbons (Fsp3) is 0.378. The van der Waals surface area contributed by atoms with Crippen molar-refractivity contribution in [3.63, 3.8) is 0 Å². The lowest BCUT2D eigenvalue weighted by molar-refractivity contribution is -0.124. The van der Waals surface area contributed by atoms with E-state index in [0.717, 1.165) is 21.8 Å². The second-order valence-electron chi connectivity index (χ2n) is 12.4. The molecule has 0 bridgehead atoms. The Morgan fingerprint density at radius 1 is 1.00 bits per heavy atom. The van der Waals surface area contributed by atoms with E-state index in [0.29, 0.717) is 18.6 Å². The van der Waals surface area contributed by atoms with Gasteiger partial charge in [-0.3, -0.25) is 4.79 Å². The predicted molar refractivity (Wildman–Crippen MR) is 192 cm³/mol. The van der Waals surface area contributed by atoms with Crippen LogP contribution in [0.2, 0.25) is 0 Å². The van der Waals surface area contributed by atoms with E-state index in [9.17, 15) is 19.5 Å². The highest BCUT2D eigenvalue weighted by atomic mass is 32.1. The number of rotatable bonds is 17. The number of nitrogens with zero attached hydrogens (tertiary/aromatic N) is 3. The number of carbonyl (C=O) groups excluding carboxylic acids is 3. The lowest BCUT2D eigenvalue weighted by Gasteiger charge is -2.30. The molecule has 2 aromatic carbocycles. The molecule has 4 rings (SSSR count). The maximum atomic E-state index is 13.8. The first kappa shape index (κ1) is 37.8. The lowest BCUT2D eigenvalue weighted by atomic mass is 9.93. The summed E-state index contributed by atoms with van der Waals surface area (Å²) >= 11 is 1.49. The summed E-state index contributed by atoms with van der Waals surface area (Å²) in [7, 11) is 1.66. The number of amides is 4. The number of benzene rings is 2. The SMILES string of the molecule is CC=Cc1nc(CN(C)C(=O)N[C@H](C(=O)N[C@@H](Cc2ccccc2)C[C@H](O)[C@H](Cc2ccccc2)NC(=O)OCc2cnco2)C(C)C)cs1. The van der Waals surface area contributed by atoms with Crippen molar-refractivity contribution >= 4 is 35.4 Å². The minimum absolute atomic E-state index is 0.109. The molecule has 0 unspecified atom stereocenters. The van der Waals surface area contributed by atoms with Crippen molar-refractivity contribution in [1.82, 2.24) is 30.8 Å². The van der Waals surface area contributed by atoms with E-state index in [1.165, 1.54) is 28.8 Å². The van der Waals surface area contributed by atoms with Crippen LogP contribution >= 0.6 is 11.3 Å². The van der Waals surface area contributed by atoms with E-state index < -0.39 is 36.4 Å². The zero-order valence-corrected chi connectivity index (χ0v) is 29.6. The number of nitrogens with one attached hydrogen (secondary N) is 3. The Morgan fingerprint density at radius 2 is 1.68 bits per heavy atom. The van der Waals surface area contributed by atoms with Gasteiger partial charge in [0.1, 0.15) is 11.0 Å². The van der Waals surface area contributed by atoms with Crippen LogP contribution in [0.15, 0.2) is 89.1 Å². The number of hydrogen-bond donors (Lipinski definition) is 4. The number of urea groups is 1. The second-order valence-corrected chi connectivity index (χ2v) is 13.3. The highest BCUT2D eigenvalue weighted by Crippen LogP contribution is 2.17. The first-order chi connectivity index (χ1) is 24.1. The van der Waals surface area contributed by atoms with E-state index in [4.69, 9.17) is 9.15 Å². The summed E-state index contributed by atoms with van der Waals surface area (Å²) in [6, 6.07) is 16.6. The summed E-state index contributed by atoms with van der Waals surface area (Å²) in [5, 5.41) is 23.2. The van der Waals surface area contributed by atoms with E-state index in [2.05, 4.69) is 25.9 Å². The van der Waals surface area contributed by atoms with Crippen molar-refractivity contribution in [3.8, 4) is 0 Å². The number of aliphatic hydroxyl groups is 1. The number of aromatic nitrogens is 2. The zero-order valence-electron chi connectivity index (χ0n) is 28.8. The monoisotopic (exact) mass is 702 g/mol. The van der Waals surface area contributed by atoms with Crippen LogP contribution in [0.5, 0.6) is 0 Å². The topological polar surface area (TPSA) is 159 Å². The van der Waals surface area contributed by atoms with E-state index >= 15 is 0 Å². The first-order valence-electron chi connectivity index (χ1n) is 16.6. The number of ether oxygens (including phenoxy) is 1. The molecule has 0 aliphatic heterocycles. The summed E-state index contributed by atoms with van der Waals surface area (Å²) in [5.74, 6) is -0.231. The van der Waals surface area contributed by atoms with Crippen LogP contribution in [0.25, 0.3) is 6.08 Å². The number of carbonyl (C=O) groups is 3. The van der Waals surface area contributed by atoms with Gasteiger partial charge in [-0.05, 0) is 49.3 Å². The zero-order chi connectivity index (χ0) is 35.9. The third-order valence-electron chi connectivity index (χ3n) is 7.95. The van der Waals surface area contributed by atoms with Gasteiger partial charge in [-0.1, -0.05) is 80.6 Å². The van der Waals surface area contributed by atoms with Crippen LogP contribution in [-0.4, -0.2) is 69.3 Å². The third kappa shape index (κ3) is 12.1. The molecule has 2 aromatic heterocycles. The molecule has 4 aromatic rings. The normalized spacial score (nSPS) is 13.7. The molecular weight excluding hydrogens is 657 g/mol. The Balaban J connectivity index is 1.46. The van der Waals surface area contributed by atoms with E-state index in [1.807, 2.05) is 99.0 Å². The van der Waals surface area contributed by atoms with E-state index in [1.54, 1.807) is 7.05 Å². The molecule has 12 nitrogen and oxygen atoms in total. The Labute approximate surface area is 297 Å². The molecule has 0 aliphatic carbocycles. The van der Waals surface area contributed by atoms with Gasteiger partial charge in [0, 0.05) is 18.5 Å². The molecule has 0 fully saturated rings. The maximum absolute atomic E-state index is 13.8. The van der Waals surface area contributed by atoms with Gasteiger partial charge in [-0.25, -0.2) is 19.6 Å². The predicted octanol–water partition coefficient (Wildman–Crippen LogP) is 5.35. The fourth-order valence-corrected chi connectivity index (χ4v) is 6.11. The minimum atomic E-state index is -1.08. The molecule has 50 heavy (non-hydrogen) atoms. The number of oxazole rings is 1. The molecule has 0 spiro atoms. The molecular formula is C37H46N6O6S. The number of aliphatic hydroxyl groups excluding tert-OH is 1. The molecule has 2 heterocycles. The Hall–Kier alpha value is -5.01. The summed E-state index contributed by atoms with van der Waals surface area (Å²) in [6.07, 6.45) is 5.54. The molecule has 4 atom stereocenters. The lowest BCUT2D eigenvalue weighted by Crippen LogP contribution is -2.55. The standard InChI is InChI=1S/C37H46N6O6S/c1-5-12-33-39-29(23-50-33)21-43(4)36(46)42-34(25(2)3)35(45)40-28(17-26-13-8-6-9-14-26)19-32(44)31(18-27-15-10-7-11-16-27)41-37(47)48-22-30-20-38-24-49-30/h5-16,20,23-25,28,31-32,34,44H,17-19,21-22H2,1-4H3,(H,40,45)(H,41,47)(H,42,46)/t28-,31-,32-,34-/m0/s1. The summed E-state index contributed by atoms with van der Waals surface area (Å²) < 4.78 is 10.5. The maximum Gasteiger partial charge on any atom is 0.407 e. The van der Waals surface area contributed by atoms with Gasteiger partial charge in [0.05, 0.1) is 30.6 Å². The van der Waals surface area contributed by atoms with Gasteiger partial charge in [0.25, 0.3) is 0 Å². The Bertz CT molecular complexity index is 1650. The van der Waals surface area contributed by atoms with Crippen LogP contribution < -0.4 is 16.0 Å². The number of alkyl carbamates (subject to hydrolysis) is 1. The second kappa shape index (κ2) is 19.2. The van der Waals surface area contributed by atoms with Gasteiger partial charge >= 0.3 is 12.1 Å². The van der Waals surface area contributed by atoms with Gasteiger partial charge in [0.15, 0.2) is 18.8 Å². The van der Waals surface area contributed by atoms with Crippen molar-refractivity contribution in [1.29, 1.82) is 0 Å². The van der Waals surface area contributed by atoms with Gasteiger partial charge in [-0.15, -0.1) is 11.3 Å². The third-order valence-corrected chi connectivity index (χ3v) is 8.80.